The highest BCUT2D eigenvalue weighted by atomic mass is 79.9. The highest BCUT2D eigenvalue weighted by Gasteiger charge is 2.01. The van der Waals surface area contributed by atoms with Crippen LogP contribution in [0, 0.1) is 0 Å². The Hall–Kier alpha value is -0.550. The van der Waals surface area contributed by atoms with E-state index in [-0.39, 0.29) is 0 Å². The van der Waals surface area contributed by atoms with Crippen LogP contribution in [-0.2, 0) is 4.74 Å². The van der Waals surface area contributed by atoms with Crippen molar-refractivity contribution < 1.29 is 9.53 Å². The van der Waals surface area contributed by atoms with Crippen molar-refractivity contribution in [3.05, 3.63) is 15.9 Å². The molecule has 1 rings (SSSR count). The predicted molar refractivity (Wildman–Crippen MR) is 48.0 cm³/mol. The van der Waals surface area contributed by atoms with Crippen molar-refractivity contribution >= 4 is 38.4 Å². The van der Waals surface area contributed by atoms with Crippen LogP contribution < -0.4 is 5.32 Å². The summed E-state index contributed by atoms with van der Waals surface area (Å²) in [6.07, 6.45) is -0.445. The van der Waals surface area contributed by atoms with Crippen molar-refractivity contribution in [3.8, 4) is 0 Å². The molecule has 0 aliphatic carbocycles. The number of carbonyl (C=O) groups is 1. The number of nitrogens with one attached hydrogen (secondary N) is 1. The minimum absolute atomic E-state index is 0.445. The molecule has 0 unspecified atom stereocenters. The van der Waals surface area contributed by atoms with Gasteiger partial charge in [0, 0.05) is 0 Å². The van der Waals surface area contributed by atoms with Crippen LogP contribution in [0.2, 0.25) is 0 Å². The quantitative estimate of drug-likeness (QED) is 0.813. The topological polar surface area (TPSA) is 38.3 Å². The summed E-state index contributed by atoms with van der Waals surface area (Å²) < 4.78 is 5.38. The van der Waals surface area contributed by atoms with Gasteiger partial charge in [-0.05, 0) is 28.1 Å². The maximum absolute atomic E-state index is 10.6. The Balaban J connectivity index is 2.57. The lowest BCUT2D eigenvalue weighted by Gasteiger charge is -1.97. The van der Waals surface area contributed by atoms with E-state index >= 15 is 0 Å². The van der Waals surface area contributed by atoms with Gasteiger partial charge >= 0.3 is 6.09 Å². The minimum Gasteiger partial charge on any atom is -0.453 e. The number of carbonyl (C=O) groups excluding carboxylic acids is 1. The molecule has 1 aromatic rings. The van der Waals surface area contributed by atoms with Gasteiger partial charge in [0.2, 0.25) is 0 Å². The maximum atomic E-state index is 10.6. The normalized spacial score (nSPS) is 9.27. The average Bonchev–Trinajstić information content (AvgIpc) is 2.35. The molecule has 0 saturated heterocycles. The molecule has 11 heavy (non-hydrogen) atoms. The van der Waals surface area contributed by atoms with E-state index in [1.807, 2.05) is 6.07 Å². The Morgan fingerprint density at radius 1 is 1.73 bits per heavy atom. The smallest absolute Gasteiger partial charge is 0.411 e. The third kappa shape index (κ3) is 2.51. The largest absolute Gasteiger partial charge is 0.453 e. The second-order valence-corrected chi connectivity index (χ2v) is 4.18. The monoisotopic (exact) mass is 235 g/mol. The van der Waals surface area contributed by atoms with Gasteiger partial charge in [-0.3, -0.25) is 5.32 Å². The number of anilines is 1. The van der Waals surface area contributed by atoms with Crippen LogP contribution in [0.1, 0.15) is 0 Å². The number of hydrogen-bond donors (Lipinski definition) is 1. The van der Waals surface area contributed by atoms with E-state index in [2.05, 4.69) is 26.0 Å². The maximum Gasteiger partial charge on any atom is 0.411 e. The summed E-state index contributed by atoms with van der Waals surface area (Å²) in [4.78, 5) is 10.6. The summed E-state index contributed by atoms with van der Waals surface area (Å²) in [7, 11) is 1.33. The van der Waals surface area contributed by atoms with E-state index in [0.29, 0.717) is 0 Å². The molecule has 3 nitrogen and oxygen atoms in total. The zero-order valence-electron chi connectivity index (χ0n) is 5.76. The molecule has 1 amide bonds. The Bertz CT molecular complexity index is 261. The summed E-state index contributed by atoms with van der Waals surface area (Å²) in [5.41, 5.74) is 0. The fourth-order valence-corrected chi connectivity index (χ4v) is 1.81. The molecule has 60 valence electrons. The molecule has 0 aliphatic heterocycles. The molecule has 0 fully saturated rings. The summed E-state index contributed by atoms with van der Waals surface area (Å²) >= 11 is 4.71. The van der Waals surface area contributed by atoms with Gasteiger partial charge in [0.15, 0.2) is 0 Å². The molecule has 0 aromatic carbocycles. The number of halogens is 1. The standard InChI is InChI=1S/C6H6BrNO2S/c1-10-6(9)8-5-3-2-4(7)11-5/h2-3H,1H3,(H,8,9). The lowest BCUT2D eigenvalue weighted by Crippen LogP contribution is -2.09. The highest BCUT2D eigenvalue weighted by molar-refractivity contribution is 9.11. The fourth-order valence-electron chi connectivity index (χ4n) is 0.533. The van der Waals surface area contributed by atoms with E-state index in [4.69, 9.17) is 0 Å². The second kappa shape index (κ2) is 3.73. The number of rotatable bonds is 1. The van der Waals surface area contributed by atoms with Crippen LogP contribution in [0.4, 0.5) is 9.80 Å². The number of methoxy groups -OCH3 is 1. The van der Waals surface area contributed by atoms with Crippen molar-refractivity contribution in [1.29, 1.82) is 0 Å². The van der Waals surface area contributed by atoms with Gasteiger partial charge in [-0.1, -0.05) is 0 Å². The van der Waals surface area contributed by atoms with Crippen molar-refractivity contribution in [1.82, 2.24) is 0 Å². The molecular weight excluding hydrogens is 230 g/mol. The Kier molecular flexibility index (Phi) is 2.90. The molecular formula is C6H6BrNO2S. The van der Waals surface area contributed by atoms with Crippen LogP contribution in [0.3, 0.4) is 0 Å². The van der Waals surface area contributed by atoms with Crippen molar-refractivity contribution in [2.75, 3.05) is 12.4 Å². The van der Waals surface area contributed by atoms with Gasteiger partial charge in [-0.2, -0.15) is 0 Å². The molecule has 1 N–H and O–H groups in total. The Labute approximate surface area is 76.5 Å². The average molecular weight is 236 g/mol. The first-order valence-electron chi connectivity index (χ1n) is 2.82. The van der Waals surface area contributed by atoms with Gasteiger partial charge in [0.05, 0.1) is 15.9 Å². The zero-order valence-corrected chi connectivity index (χ0v) is 8.16. The van der Waals surface area contributed by atoms with Crippen LogP contribution in [-0.4, -0.2) is 13.2 Å². The fraction of sp³-hybridized carbons (Fsp3) is 0.167. The number of hydrogen-bond acceptors (Lipinski definition) is 3. The van der Waals surface area contributed by atoms with E-state index in [0.717, 1.165) is 8.79 Å². The zero-order chi connectivity index (χ0) is 8.27. The van der Waals surface area contributed by atoms with Crippen molar-refractivity contribution in [2.45, 2.75) is 0 Å². The van der Waals surface area contributed by atoms with E-state index in [9.17, 15) is 4.79 Å². The van der Waals surface area contributed by atoms with Crippen LogP contribution in [0.15, 0.2) is 15.9 Å². The molecule has 1 heterocycles. The highest BCUT2D eigenvalue weighted by Crippen LogP contribution is 2.26. The first-order valence-corrected chi connectivity index (χ1v) is 4.43. The van der Waals surface area contributed by atoms with Crippen LogP contribution in [0.5, 0.6) is 0 Å². The van der Waals surface area contributed by atoms with Gasteiger partial charge in [-0.25, -0.2) is 4.79 Å². The molecule has 5 heteroatoms. The Morgan fingerprint density at radius 3 is 2.91 bits per heavy atom. The van der Waals surface area contributed by atoms with Crippen molar-refractivity contribution in [2.24, 2.45) is 0 Å². The lowest BCUT2D eigenvalue weighted by molar-refractivity contribution is 0.187. The van der Waals surface area contributed by atoms with Gasteiger partial charge in [-0.15, -0.1) is 11.3 Å². The lowest BCUT2D eigenvalue weighted by atomic mass is 10.6. The van der Waals surface area contributed by atoms with Gasteiger partial charge in [0.1, 0.15) is 0 Å². The molecule has 0 saturated carbocycles. The summed E-state index contributed by atoms with van der Waals surface area (Å²) in [6.45, 7) is 0. The van der Waals surface area contributed by atoms with E-state index in [1.54, 1.807) is 6.07 Å². The number of thiophene rings is 1. The molecule has 0 spiro atoms. The van der Waals surface area contributed by atoms with E-state index in [1.165, 1.54) is 18.4 Å². The van der Waals surface area contributed by atoms with E-state index < -0.39 is 6.09 Å². The van der Waals surface area contributed by atoms with Crippen LogP contribution in [0.25, 0.3) is 0 Å². The predicted octanol–water partition coefficient (Wildman–Crippen LogP) is 2.69. The number of ether oxygens (including phenoxy) is 1. The Morgan fingerprint density at radius 2 is 2.45 bits per heavy atom. The number of amides is 1. The van der Waals surface area contributed by atoms with Gasteiger partial charge in [0.25, 0.3) is 0 Å². The molecule has 0 atom stereocenters. The summed E-state index contributed by atoms with van der Waals surface area (Å²) in [5, 5.41) is 3.31. The van der Waals surface area contributed by atoms with Crippen molar-refractivity contribution in [3.63, 3.8) is 0 Å². The second-order valence-electron chi connectivity index (χ2n) is 1.72. The molecule has 1 aromatic heterocycles. The summed E-state index contributed by atoms with van der Waals surface area (Å²) in [6, 6.07) is 3.65. The summed E-state index contributed by atoms with van der Waals surface area (Å²) in [5.74, 6) is 0. The van der Waals surface area contributed by atoms with Crippen LogP contribution >= 0.6 is 27.3 Å². The first-order chi connectivity index (χ1) is 5.22. The first kappa shape index (κ1) is 8.55. The SMILES string of the molecule is COC(=O)Nc1ccc(Br)s1. The molecule has 0 radical (unpaired) electrons. The minimum atomic E-state index is -0.445. The third-order valence-corrected chi connectivity index (χ3v) is 2.52. The molecule has 0 bridgehead atoms. The third-order valence-electron chi connectivity index (χ3n) is 0.984. The van der Waals surface area contributed by atoms with Gasteiger partial charge < -0.3 is 4.74 Å². The molecule has 0 aliphatic rings.